The Labute approximate surface area is 83.1 Å². The molecule has 2 amide bonds. The lowest BCUT2D eigenvalue weighted by Gasteiger charge is -1.88. The molecule has 14 heavy (non-hydrogen) atoms. The Balaban J connectivity index is 0. The molecule has 0 fully saturated rings. The van der Waals surface area contributed by atoms with E-state index in [9.17, 15) is 9.59 Å². The number of carbonyl (C=O) groups excluding carboxylic acids is 2. The number of carbonyl (C=O) groups is 2. The van der Waals surface area contributed by atoms with Crippen molar-refractivity contribution < 1.29 is 14.7 Å². The van der Waals surface area contributed by atoms with Crippen molar-refractivity contribution in [3.63, 3.8) is 0 Å². The number of aliphatic hydroxyl groups excluding tert-OH is 1. The van der Waals surface area contributed by atoms with Crippen molar-refractivity contribution in [2.75, 3.05) is 6.61 Å². The quantitative estimate of drug-likeness (QED) is 0.532. The molecule has 0 radical (unpaired) electrons. The second-order valence-corrected chi connectivity index (χ2v) is 2.75. The topological polar surface area (TPSA) is 106 Å². The summed E-state index contributed by atoms with van der Waals surface area (Å²) in [7, 11) is 0. The van der Waals surface area contributed by atoms with E-state index in [0.29, 0.717) is 0 Å². The number of allylic oxidation sites excluding steroid dienone is 1. The van der Waals surface area contributed by atoms with Gasteiger partial charge in [-0.3, -0.25) is 9.59 Å². The second-order valence-electron chi connectivity index (χ2n) is 2.75. The van der Waals surface area contributed by atoms with Crippen molar-refractivity contribution in [2.24, 2.45) is 11.5 Å². The third-order valence-electron chi connectivity index (χ3n) is 0.970. The summed E-state index contributed by atoms with van der Waals surface area (Å²) in [5.41, 5.74) is 10.4. The average Bonchev–Trinajstić information content (AvgIpc) is 2.01. The zero-order chi connectivity index (χ0) is 11.7. The van der Waals surface area contributed by atoms with Crippen LogP contribution < -0.4 is 11.5 Å². The predicted molar refractivity (Wildman–Crippen MR) is 54.0 cm³/mol. The maximum atomic E-state index is 9.96. The number of nitrogens with two attached hydrogens (primary N) is 2. The summed E-state index contributed by atoms with van der Waals surface area (Å²) >= 11 is 0. The van der Waals surface area contributed by atoms with Crippen LogP contribution in [0.15, 0.2) is 23.8 Å². The second kappa shape index (κ2) is 8.00. The van der Waals surface area contributed by atoms with Crippen LogP contribution >= 0.6 is 0 Å². The molecule has 0 bridgehead atoms. The molecule has 0 aliphatic rings. The minimum atomic E-state index is -0.650. The summed E-state index contributed by atoms with van der Waals surface area (Å²) in [6.07, 6.45) is 1.39. The molecular weight excluding hydrogens is 184 g/mol. The van der Waals surface area contributed by atoms with Gasteiger partial charge in [-0.25, -0.2) is 0 Å². The lowest BCUT2D eigenvalue weighted by molar-refractivity contribution is -0.115. The SMILES string of the molecule is C=C(CO)C(N)=O.CC(C)=CC(N)=O. The zero-order valence-electron chi connectivity index (χ0n) is 8.41. The van der Waals surface area contributed by atoms with Crippen LogP contribution in [-0.4, -0.2) is 23.5 Å². The molecule has 0 heterocycles. The number of hydrogen-bond acceptors (Lipinski definition) is 3. The molecule has 5 N–H and O–H groups in total. The van der Waals surface area contributed by atoms with Gasteiger partial charge in [0.25, 0.3) is 0 Å². The first-order chi connectivity index (χ1) is 6.31. The fourth-order valence-corrected chi connectivity index (χ4v) is 0.362. The van der Waals surface area contributed by atoms with Crippen LogP contribution in [0.1, 0.15) is 13.8 Å². The van der Waals surface area contributed by atoms with Gasteiger partial charge >= 0.3 is 0 Å². The van der Waals surface area contributed by atoms with Gasteiger partial charge in [0, 0.05) is 11.6 Å². The molecule has 5 nitrogen and oxygen atoms in total. The Bertz CT molecular complexity index is 253. The van der Waals surface area contributed by atoms with E-state index in [2.05, 4.69) is 12.3 Å². The van der Waals surface area contributed by atoms with E-state index in [-0.39, 0.29) is 18.1 Å². The molecule has 0 spiro atoms. The normalized spacial score (nSPS) is 7.93. The van der Waals surface area contributed by atoms with Gasteiger partial charge in [-0.05, 0) is 13.8 Å². The fraction of sp³-hybridized carbons (Fsp3) is 0.333. The Kier molecular flexibility index (Phi) is 8.50. The maximum Gasteiger partial charge on any atom is 0.246 e. The van der Waals surface area contributed by atoms with Crippen molar-refractivity contribution in [1.82, 2.24) is 0 Å². The summed E-state index contributed by atoms with van der Waals surface area (Å²) in [5.74, 6) is -1.03. The van der Waals surface area contributed by atoms with Crippen molar-refractivity contribution in [1.29, 1.82) is 0 Å². The third kappa shape index (κ3) is 13.0. The first-order valence-electron chi connectivity index (χ1n) is 3.84. The van der Waals surface area contributed by atoms with E-state index in [1.54, 1.807) is 0 Å². The highest BCUT2D eigenvalue weighted by molar-refractivity contribution is 5.91. The minimum absolute atomic E-state index is 0.0417. The van der Waals surface area contributed by atoms with Gasteiger partial charge < -0.3 is 16.6 Å². The van der Waals surface area contributed by atoms with Crippen LogP contribution in [-0.2, 0) is 9.59 Å². The zero-order valence-corrected chi connectivity index (χ0v) is 8.41. The lowest BCUT2D eigenvalue weighted by atomic mass is 10.3. The molecule has 0 aromatic rings. The molecule has 0 rings (SSSR count). The monoisotopic (exact) mass is 200 g/mol. The number of amides is 2. The highest BCUT2D eigenvalue weighted by Gasteiger charge is 1.94. The molecule has 0 saturated heterocycles. The van der Waals surface area contributed by atoms with Gasteiger partial charge in [0.05, 0.1) is 6.61 Å². The molecule has 0 aliphatic carbocycles. The van der Waals surface area contributed by atoms with Gasteiger partial charge in [0.2, 0.25) is 11.8 Å². The largest absolute Gasteiger partial charge is 0.391 e. The molecule has 0 aliphatic heterocycles. The minimum Gasteiger partial charge on any atom is -0.391 e. The maximum absolute atomic E-state index is 9.96. The lowest BCUT2D eigenvalue weighted by Crippen LogP contribution is -2.14. The van der Waals surface area contributed by atoms with Gasteiger partial charge in [-0.1, -0.05) is 12.2 Å². The van der Waals surface area contributed by atoms with Gasteiger partial charge in [0.1, 0.15) is 0 Å². The molecule has 0 atom stereocenters. The summed E-state index contributed by atoms with van der Waals surface area (Å²) in [5, 5.41) is 8.10. The van der Waals surface area contributed by atoms with Crippen molar-refractivity contribution in [3.8, 4) is 0 Å². The first kappa shape index (κ1) is 14.9. The molecule has 5 heteroatoms. The summed E-state index contributed by atoms with van der Waals surface area (Å²) < 4.78 is 0. The van der Waals surface area contributed by atoms with Crippen LogP contribution in [0.25, 0.3) is 0 Å². The highest BCUT2D eigenvalue weighted by atomic mass is 16.3. The Hall–Kier alpha value is -1.62. The van der Waals surface area contributed by atoms with Gasteiger partial charge in [0.15, 0.2) is 0 Å². The number of primary amides is 2. The predicted octanol–water partition coefficient (Wildman–Crippen LogP) is -0.542. The molecule has 0 unspecified atom stereocenters. The Morgan fingerprint density at radius 3 is 1.79 bits per heavy atom. The molecular formula is C9H16N2O3. The first-order valence-corrected chi connectivity index (χ1v) is 3.84. The molecule has 0 aromatic carbocycles. The van der Waals surface area contributed by atoms with Crippen LogP contribution in [0, 0.1) is 0 Å². The Morgan fingerprint density at radius 1 is 1.36 bits per heavy atom. The van der Waals surface area contributed by atoms with Gasteiger partial charge in [-0.15, -0.1) is 0 Å². The van der Waals surface area contributed by atoms with Gasteiger partial charge in [-0.2, -0.15) is 0 Å². The van der Waals surface area contributed by atoms with Crippen molar-refractivity contribution >= 4 is 11.8 Å². The van der Waals surface area contributed by atoms with Crippen LogP contribution in [0.3, 0.4) is 0 Å². The van der Waals surface area contributed by atoms with Crippen molar-refractivity contribution in [3.05, 3.63) is 23.8 Å². The number of hydrogen-bond donors (Lipinski definition) is 3. The molecule has 0 aromatic heterocycles. The average molecular weight is 200 g/mol. The summed E-state index contributed by atoms with van der Waals surface area (Å²) in [6.45, 7) is 6.44. The van der Waals surface area contributed by atoms with E-state index >= 15 is 0 Å². The smallest absolute Gasteiger partial charge is 0.246 e. The standard InChI is InChI=1S/C5H9NO.C4H7NO2/c1-4(2)3-5(6)7;1-3(2-6)4(5)7/h3H,1-2H3,(H2,6,7);6H,1-2H2,(H2,5,7). The fourth-order valence-electron chi connectivity index (χ4n) is 0.362. The van der Waals surface area contributed by atoms with Crippen LogP contribution in [0.5, 0.6) is 0 Å². The molecule has 0 saturated carbocycles. The van der Waals surface area contributed by atoms with E-state index in [4.69, 9.17) is 10.8 Å². The van der Waals surface area contributed by atoms with E-state index in [1.807, 2.05) is 13.8 Å². The third-order valence-corrected chi connectivity index (χ3v) is 0.970. The van der Waals surface area contributed by atoms with E-state index < -0.39 is 5.91 Å². The van der Waals surface area contributed by atoms with Crippen LogP contribution in [0.2, 0.25) is 0 Å². The van der Waals surface area contributed by atoms with E-state index in [0.717, 1.165) is 5.57 Å². The van der Waals surface area contributed by atoms with Crippen LogP contribution in [0.4, 0.5) is 0 Å². The number of aliphatic hydroxyl groups is 1. The number of rotatable bonds is 3. The highest BCUT2D eigenvalue weighted by Crippen LogP contribution is 1.84. The summed E-state index contributed by atoms with van der Waals surface area (Å²) in [4.78, 5) is 19.8. The van der Waals surface area contributed by atoms with Crippen molar-refractivity contribution in [2.45, 2.75) is 13.8 Å². The van der Waals surface area contributed by atoms with E-state index in [1.165, 1.54) is 6.08 Å². The Morgan fingerprint density at radius 2 is 1.79 bits per heavy atom. The summed E-state index contributed by atoms with van der Waals surface area (Å²) in [6, 6.07) is 0. The molecule has 80 valence electrons.